The number of rotatable bonds is 8. The first-order valence-electron chi connectivity index (χ1n) is 12.5. The number of amides is 2. The fourth-order valence-electron chi connectivity index (χ4n) is 4.87. The average molecular weight is 562 g/mol. The highest BCUT2D eigenvalue weighted by molar-refractivity contribution is 6.39. The number of nitrogens with one attached hydrogen (secondary N) is 1. The molecule has 2 atom stereocenters. The van der Waals surface area contributed by atoms with E-state index in [0.717, 1.165) is 16.5 Å². The first-order chi connectivity index (χ1) is 18.8. The van der Waals surface area contributed by atoms with Gasteiger partial charge in [-0.05, 0) is 47.9 Å². The molecule has 2 N–H and O–H groups in total. The lowest BCUT2D eigenvalue weighted by atomic mass is 10.0. The second-order valence-corrected chi connectivity index (χ2v) is 10.3. The molecule has 0 saturated carbocycles. The number of hydrogen-bond acceptors (Lipinski definition) is 4. The summed E-state index contributed by atoms with van der Waals surface area (Å²) in [6.07, 6.45) is 0.680. The first-order valence-corrected chi connectivity index (χ1v) is 13.3. The van der Waals surface area contributed by atoms with E-state index in [1.807, 2.05) is 48.5 Å². The molecule has 1 saturated heterocycles. The lowest BCUT2D eigenvalue weighted by molar-refractivity contribution is -0.143. The summed E-state index contributed by atoms with van der Waals surface area (Å²) in [6.45, 7) is 0.300. The van der Waals surface area contributed by atoms with Gasteiger partial charge in [0, 0.05) is 30.3 Å². The minimum atomic E-state index is -1.15. The van der Waals surface area contributed by atoms with Gasteiger partial charge in [-0.3, -0.25) is 9.59 Å². The zero-order valence-electron chi connectivity index (χ0n) is 20.8. The van der Waals surface area contributed by atoms with Gasteiger partial charge in [0.05, 0.1) is 21.3 Å². The summed E-state index contributed by atoms with van der Waals surface area (Å²) in [6, 6.07) is 21.9. The Balaban J connectivity index is 1.31. The quantitative estimate of drug-likeness (QED) is 0.295. The normalized spacial score (nSPS) is 15.9. The Hall–Kier alpha value is -3.94. The van der Waals surface area contributed by atoms with Crippen molar-refractivity contribution >= 4 is 51.9 Å². The van der Waals surface area contributed by atoms with Crippen molar-refractivity contribution in [2.75, 3.05) is 0 Å². The molecule has 1 aliphatic heterocycles. The van der Waals surface area contributed by atoms with Crippen molar-refractivity contribution in [2.45, 2.75) is 37.9 Å². The van der Waals surface area contributed by atoms with Crippen LogP contribution in [0.3, 0.4) is 0 Å². The Kier molecular flexibility index (Phi) is 7.82. The molecule has 1 unspecified atom stereocenters. The fourth-order valence-corrected chi connectivity index (χ4v) is 5.46. The highest BCUT2D eigenvalue weighted by Gasteiger charge is 2.37. The highest BCUT2D eigenvalue weighted by Crippen LogP contribution is 2.34. The summed E-state index contributed by atoms with van der Waals surface area (Å²) in [5.74, 6) is -1.73. The van der Waals surface area contributed by atoms with E-state index in [4.69, 9.17) is 23.2 Å². The number of nitrogens with zero attached hydrogens (tertiary/aromatic N) is 2. The smallest absolute Gasteiger partial charge is 0.326 e. The van der Waals surface area contributed by atoms with Gasteiger partial charge in [-0.15, -0.1) is 0 Å². The topological polar surface area (TPSA) is 99.6 Å². The van der Waals surface area contributed by atoms with E-state index in [0.29, 0.717) is 39.8 Å². The van der Waals surface area contributed by atoms with Gasteiger partial charge in [-0.25, -0.2) is 9.78 Å². The molecule has 3 aromatic carbocycles. The molecule has 1 aromatic heterocycles. The van der Waals surface area contributed by atoms with Crippen LogP contribution < -0.4 is 5.32 Å². The van der Waals surface area contributed by atoms with E-state index in [1.165, 1.54) is 4.90 Å². The predicted octanol–water partition coefficient (Wildman–Crippen LogP) is 5.51. The molecule has 7 nitrogen and oxygen atoms in total. The number of benzene rings is 3. The molecule has 5 rings (SSSR count). The van der Waals surface area contributed by atoms with E-state index < -0.39 is 24.0 Å². The Morgan fingerprint density at radius 3 is 2.44 bits per heavy atom. The van der Waals surface area contributed by atoms with Crippen LogP contribution in [0.2, 0.25) is 10.0 Å². The van der Waals surface area contributed by atoms with Gasteiger partial charge in [-0.1, -0.05) is 71.7 Å². The van der Waals surface area contributed by atoms with Gasteiger partial charge in [0.2, 0.25) is 11.8 Å². The largest absolute Gasteiger partial charge is 0.480 e. The van der Waals surface area contributed by atoms with Crippen LogP contribution in [0.5, 0.6) is 0 Å². The number of hydrogen-bond donors (Lipinski definition) is 2. The number of halogens is 2. The zero-order chi connectivity index (χ0) is 27.5. The van der Waals surface area contributed by atoms with Crippen LogP contribution in [0.4, 0.5) is 0 Å². The van der Waals surface area contributed by atoms with E-state index in [2.05, 4.69) is 10.3 Å². The number of carboxylic acid groups (broad SMARTS) is 1. The number of aliphatic carboxylic acids is 1. The Morgan fingerprint density at radius 2 is 1.72 bits per heavy atom. The number of fused-ring (bicyclic) bond motifs is 1. The maximum atomic E-state index is 13.1. The molecule has 0 aliphatic carbocycles. The number of carboxylic acids is 1. The molecule has 0 bridgehead atoms. The van der Waals surface area contributed by atoms with Crippen molar-refractivity contribution in [3.8, 4) is 11.3 Å². The van der Waals surface area contributed by atoms with Crippen LogP contribution in [0.25, 0.3) is 22.2 Å². The summed E-state index contributed by atoms with van der Waals surface area (Å²) in [5, 5.41) is 14.3. The minimum absolute atomic E-state index is 0.0778. The van der Waals surface area contributed by atoms with E-state index in [1.54, 1.807) is 30.3 Å². The summed E-state index contributed by atoms with van der Waals surface area (Å²) >= 11 is 12.7. The van der Waals surface area contributed by atoms with Crippen molar-refractivity contribution in [1.82, 2.24) is 15.2 Å². The molecule has 2 heterocycles. The van der Waals surface area contributed by atoms with Crippen LogP contribution in [0.15, 0.2) is 78.9 Å². The second-order valence-electron chi connectivity index (χ2n) is 9.49. The molecule has 0 spiro atoms. The molecule has 9 heteroatoms. The van der Waals surface area contributed by atoms with Gasteiger partial charge < -0.3 is 15.3 Å². The third-order valence-corrected chi connectivity index (χ3v) is 7.48. The molecular formula is C30H25Cl2N3O4. The van der Waals surface area contributed by atoms with Gasteiger partial charge >= 0.3 is 5.97 Å². The maximum absolute atomic E-state index is 13.1. The van der Waals surface area contributed by atoms with E-state index >= 15 is 0 Å². The highest BCUT2D eigenvalue weighted by atomic mass is 35.5. The minimum Gasteiger partial charge on any atom is -0.480 e. The Labute approximate surface area is 235 Å². The molecular weight excluding hydrogens is 537 g/mol. The maximum Gasteiger partial charge on any atom is 0.326 e. The fraction of sp³-hybridized carbons (Fsp3) is 0.200. The molecule has 4 aromatic rings. The number of pyridine rings is 1. The van der Waals surface area contributed by atoms with Crippen molar-refractivity contribution in [2.24, 2.45) is 0 Å². The summed E-state index contributed by atoms with van der Waals surface area (Å²) in [4.78, 5) is 43.9. The molecule has 198 valence electrons. The number of likely N-dealkylation sites (tertiary alicyclic amines) is 1. The van der Waals surface area contributed by atoms with Crippen LogP contribution in [0, 0.1) is 0 Å². The van der Waals surface area contributed by atoms with Crippen LogP contribution in [0.1, 0.15) is 24.0 Å². The second kappa shape index (κ2) is 11.4. The van der Waals surface area contributed by atoms with E-state index in [9.17, 15) is 19.5 Å². The van der Waals surface area contributed by atoms with Crippen molar-refractivity contribution < 1.29 is 19.5 Å². The summed E-state index contributed by atoms with van der Waals surface area (Å²) in [7, 11) is 0. The number of carbonyl (C=O) groups excluding carboxylic acids is 2. The van der Waals surface area contributed by atoms with E-state index in [-0.39, 0.29) is 18.7 Å². The third-order valence-electron chi connectivity index (χ3n) is 6.85. The SMILES string of the molecule is O=C(O)C(Cc1ccc2nc(-c3c(Cl)cccc3Cl)ccc2c1)NC(=O)[C@@H]1CCC(=O)N1Cc1ccccc1. The van der Waals surface area contributed by atoms with Gasteiger partial charge in [0.1, 0.15) is 12.1 Å². The average Bonchev–Trinajstić information content (AvgIpc) is 3.28. The lowest BCUT2D eigenvalue weighted by Crippen LogP contribution is -2.50. The molecule has 39 heavy (non-hydrogen) atoms. The molecule has 1 fully saturated rings. The number of carbonyl (C=O) groups is 3. The zero-order valence-corrected chi connectivity index (χ0v) is 22.3. The van der Waals surface area contributed by atoms with Crippen LogP contribution in [-0.4, -0.2) is 44.9 Å². The molecule has 0 radical (unpaired) electrons. The number of aromatic nitrogens is 1. The van der Waals surface area contributed by atoms with Crippen LogP contribution >= 0.6 is 23.2 Å². The van der Waals surface area contributed by atoms with Gasteiger partial charge in [0.15, 0.2) is 0 Å². The summed E-state index contributed by atoms with van der Waals surface area (Å²) in [5.41, 5.74) is 3.61. The van der Waals surface area contributed by atoms with Crippen molar-refractivity contribution in [3.05, 3.63) is 100 Å². The standard InChI is InChI=1S/C30H25Cl2N3O4/c31-21-7-4-8-22(32)28(21)24-12-10-20-15-19(9-11-23(20)33-24)16-25(30(38)39)34-29(37)26-13-14-27(36)35(26)17-18-5-2-1-3-6-18/h1-12,15,25-26H,13-14,16-17H2,(H,34,37)(H,38,39)/t25?,26-/m0/s1. The predicted molar refractivity (Wildman–Crippen MR) is 150 cm³/mol. The lowest BCUT2D eigenvalue weighted by Gasteiger charge is -2.26. The summed E-state index contributed by atoms with van der Waals surface area (Å²) < 4.78 is 0. The van der Waals surface area contributed by atoms with Crippen molar-refractivity contribution in [3.63, 3.8) is 0 Å². The van der Waals surface area contributed by atoms with Gasteiger partial charge in [-0.2, -0.15) is 0 Å². The van der Waals surface area contributed by atoms with Gasteiger partial charge in [0.25, 0.3) is 0 Å². The first kappa shape index (κ1) is 26.7. The third kappa shape index (κ3) is 5.90. The molecule has 2 amide bonds. The Morgan fingerprint density at radius 1 is 0.974 bits per heavy atom. The Bertz CT molecular complexity index is 1540. The van der Waals surface area contributed by atoms with Crippen LogP contribution in [-0.2, 0) is 27.3 Å². The monoisotopic (exact) mass is 561 g/mol. The molecule has 1 aliphatic rings. The van der Waals surface area contributed by atoms with Crippen molar-refractivity contribution in [1.29, 1.82) is 0 Å².